The Labute approximate surface area is 38.5 Å². The van der Waals surface area contributed by atoms with Crippen molar-refractivity contribution < 1.29 is 0 Å². The summed E-state index contributed by atoms with van der Waals surface area (Å²) in [6.45, 7) is 0.856. The topological polar surface area (TPSA) is 26.0 Å². The molecule has 0 spiro atoms. The Morgan fingerprint density at radius 2 is 2.17 bits per heavy atom. The fourth-order valence-corrected chi connectivity index (χ4v) is 0.543. The van der Waals surface area contributed by atoms with Gasteiger partial charge in [-0.3, -0.25) is 0 Å². The van der Waals surface area contributed by atoms with Crippen molar-refractivity contribution in [3.63, 3.8) is 0 Å². The predicted octanol–water partition coefficient (Wildman–Crippen LogP) is 0.703. The molecule has 1 fully saturated rings. The lowest BCUT2D eigenvalue weighted by Crippen LogP contribution is -1.97. The quantitative estimate of drug-likeness (QED) is 0.523. The molecule has 0 atom stereocenters. The second-order valence-corrected chi connectivity index (χ2v) is 1.79. The van der Waals surface area contributed by atoms with Crippen LogP contribution in [0.2, 0.25) is 0 Å². The molecular weight excluding hydrogens is 74.1 g/mol. The standard InChI is InChI=1S/C5H10N/c6-4-3-5-1-2-5/h1-4,6H2. The average Bonchev–Trinajstić information content (AvgIpc) is 2.21. The van der Waals surface area contributed by atoms with Crippen molar-refractivity contribution in [3.05, 3.63) is 5.92 Å². The van der Waals surface area contributed by atoms with Crippen molar-refractivity contribution in [1.82, 2.24) is 0 Å². The molecule has 1 rings (SSSR count). The number of nitrogens with two attached hydrogens (primary N) is 1. The number of rotatable bonds is 2. The van der Waals surface area contributed by atoms with Crippen molar-refractivity contribution >= 4 is 0 Å². The van der Waals surface area contributed by atoms with Gasteiger partial charge in [-0.25, -0.2) is 0 Å². The molecule has 2 N–H and O–H groups in total. The second kappa shape index (κ2) is 1.61. The summed E-state index contributed by atoms with van der Waals surface area (Å²) in [5.74, 6) is 1.66. The van der Waals surface area contributed by atoms with Crippen LogP contribution in [0.1, 0.15) is 19.3 Å². The van der Waals surface area contributed by atoms with E-state index in [2.05, 4.69) is 0 Å². The van der Waals surface area contributed by atoms with E-state index in [1.807, 2.05) is 0 Å². The van der Waals surface area contributed by atoms with Crippen LogP contribution in [0.5, 0.6) is 0 Å². The normalized spacial score (nSPS) is 21.5. The second-order valence-electron chi connectivity index (χ2n) is 1.79. The van der Waals surface area contributed by atoms with Crippen molar-refractivity contribution in [1.29, 1.82) is 0 Å². The lowest BCUT2D eigenvalue weighted by Gasteiger charge is -1.83. The van der Waals surface area contributed by atoms with Crippen molar-refractivity contribution in [3.8, 4) is 0 Å². The van der Waals surface area contributed by atoms with Crippen LogP contribution in [-0.4, -0.2) is 6.54 Å². The molecule has 0 aromatic carbocycles. The predicted molar refractivity (Wildman–Crippen MR) is 26.1 cm³/mol. The Morgan fingerprint density at radius 1 is 1.50 bits per heavy atom. The van der Waals surface area contributed by atoms with E-state index < -0.39 is 0 Å². The lowest BCUT2D eigenvalue weighted by molar-refractivity contribution is 0.927. The molecule has 35 valence electrons. The van der Waals surface area contributed by atoms with Gasteiger partial charge in [0.05, 0.1) is 0 Å². The van der Waals surface area contributed by atoms with Crippen LogP contribution in [0.4, 0.5) is 0 Å². The summed E-state index contributed by atoms with van der Waals surface area (Å²) in [6, 6.07) is 0. The third kappa shape index (κ3) is 0.977. The minimum Gasteiger partial charge on any atom is -0.330 e. The fraction of sp³-hybridized carbons (Fsp3) is 0.800. The van der Waals surface area contributed by atoms with Crippen molar-refractivity contribution in [2.45, 2.75) is 19.3 Å². The van der Waals surface area contributed by atoms with E-state index in [1.54, 1.807) is 5.92 Å². The largest absolute Gasteiger partial charge is 0.330 e. The van der Waals surface area contributed by atoms with E-state index in [9.17, 15) is 0 Å². The van der Waals surface area contributed by atoms with E-state index in [0.29, 0.717) is 0 Å². The number of hydrogen-bond donors (Lipinski definition) is 1. The van der Waals surface area contributed by atoms with Gasteiger partial charge in [0.25, 0.3) is 0 Å². The molecular formula is C5H10N. The van der Waals surface area contributed by atoms with Gasteiger partial charge >= 0.3 is 0 Å². The average molecular weight is 84.1 g/mol. The Hall–Kier alpha value is -0.0400. The minimum absolute atomic E-state index is 0.856. The zero-order valence-corrected chi connectivity index (χ0v) is 3.91. The van der Waals surface area contributed by atoms with Crippen LogP contribution >= 0.6 is 0 Å². The Morgan fingerprint density at radius 3 is 2.33 bits per heavy atom. The summed E-state index contributed by atoms with van der Waals surface area (Å²) < 4.78 is 0. The minimum atomic E-state index is 0.856. The lowest BCUT2D eigenvalue weighted by atomic mass is 10.3. The van der Waals surface area contributed by atoms with Gasteiger partial charge in [-0.1, -0.05) is 0 Å². The van der Waals surface area contributed by atoms with Gasteiger partial charge < -0.3 is 5.73 Å². The highest BCUT2D eigenvalue weighted by Crippen LogP contribution is 2.34. The summed E-state index contributed by atoms with van der Waals surface area (Å²) in [5.41, 5.74) is 5.25. The van der Waals surface area contributed by atoms with Crippen molar-refractivity contribution in [2.24, 2.45) is 5.73 Å². The number of hydrogen-bond acceptors (Lipinski definition) is 1. The first-order valence-electron chi connectivity index (χ1n) is 2.47. The van der Waals surface area contributed by atoms with Gasteiger partial charge in [0.1, 0.15) is 0 Å². The molecule has 1 heteroatoms. The van der Waals surface area contributed by atoms with Crippen LogP contribution < -0.4 is 5.73 Å². The Balaban J connectivity index is 1.88. The monoisotopic (exact) mass is 84.1 g/mol. The van der Waals surface area contributed by atoms with E-state index in [-0.39, 0.29) is 0 Å². The smallest absolute Gasteiger partial charge is 0.00718 e. The van der Waals surface area contributed by atoms with E-state index in [1.165, 1.54) is 19.3 Å². The molecule has 0 saturated heterocycles. The van der Waals surface area contributed by atoms with Crippen LogP contribution in [0.3, 0.4) is 0 Å². The molecule has 1 radical (unpaired) electrons. The molecule has 0 unspecified atom stereocenters. The summed E-state index contributed by atoms with van der Waals surface area (Å²) in [6.07, 6.45) is 3.90. The Kier molecular flexibility index (Phi) is 1.10. The maximum Gasteiger partial charge on any atom is -0.00718 e. The van der Waals surface area contributed by atoms with E-state index in [4.69, 9.17) is 5.73 Å². The molecule has 0 aromatic heterocycles. The highest BCUT2D eigenvalue weighted by molar-refractivity contribution is 5.04. The van der Waals surface area contributed by atoms with Gasteiger partial charge in [-0.15, -0.1) is 0 Å². The molecule has 0 bridgehead atoms. The molecule has 0 heterocycles. The molecule has 0 aromatic rings. The summed E-state index contributed by atoms with van der Waals surface area (Å²) in [7, 11) is 0. The first-order chi connectivity index (χ1) is 2.93. The molecule has 6 heavy (non-hydrogen) atoms. The first-order valence-corrected chi connectivity index (χ1v) is 2.47. The van der Waals surface area contributed by atoms with Crippen molar-refractivity contribution in [2.75, 3.05) is 6.54 Å². The molecule has 1 nitrogen and oxygen atoms in total. The fourth-order valence-electron chi connectivity index (χ4n) is 0.543. The highest BCUT2D eigenvalue weighted by Gasteiger charge is 2.19. The van der Waals surface area contributed by atoms with Crippen LogP contribution in [0.25, 0.3) is 0 Å². The van der Waals surface area contributed by atoms with Gasteiger partial charge in [0, 0.05) is 0 Å². The molecule has 0 amide bonds. The van der Waals surface area contributed by atoms with E-state index >= 15 is 0 Å². The van der Waals surface area contributed by atoms with Gasteiger partial charge in [0.15, 0.2) is 0 Å². The zero-order chi connectivity index (χ0) is 4.41. The molecule has 1 aliphatic rings. The molecule has 1 saturated carbocycles. The maximum absolute atomic E-state index is 5.25. The maximum atomic E-state index is 5.25. The summed E-state index contributed by atoms with van der Waals surface area (Å²) in [4.78, 5) is 0. The highest BCUT2D eigenvalue weighted by atomic mass is 14.5. The first kappa shape index (κ1) is 4.13. The summed E-state index contributed by atoms with van der Waals surface area (Å²) in [5, 5.41) is 0. The van der Waals surface area contributed by atoms with Crippen LogP contribution in [-0.2, 0) is 0 Å². The van der Waals surface area contributed by atoms with Gasteiger partial charge in [-0.05, 0) is 31.7 Å². The van der Waals surface area contributed by atoms with Gasteiger partial charge in [0.2, 0.25) is 0 Å². The molecule has 1 aliphatic carbocycles. The third-order valence-electron chi connectivity index (χ3n) is 1.10. The van der Waals surface area contributed by atoms with Crippen LogP contribution in [0.15, 0.2) is 0 Å². The summed E-state index contributed by atoms with van der Waals surface area (Å²) >= 11 is 0. The Bertz CT molecular complexity index is 39.2. The zero-order valence-electron chi connectivity index (χ0n) is 3.91. The van der Waals surface area contributed by atoms with E-state index in [0.717, 1.165) is 6.54 Å². The molecule has 0 aliphatic heterocycles. The van der Waals surface area contributed by atoms with Gasteiger partial charge in [-0.2, -0.15) is 0 Å². The third-order valence-corrected chi connectivity index (χ3v) is 1.10. The SMILES string of the molecule is NCC[C]1CC1. The van der Waals surface area contributed by atoms with Crippen LogP contribution in [0, 0.1) is 5.92 Å².